The number of hydrogen-bond acceptors (Lipinski definition) is 2. The number of benzene rings is 1. The standard InChI is InChI=1S/C15H23BrN2/c1-2-5-13-6-3-4-9-18(13)11-12-7-8-14(16)15(17)10-12/h7-8,10,13H,2-6,9,11,17H2,1H3. The molecular weight excluding hydrogens is 288 g/mol. The first kappa shape index (κ1) is 13.9. The summed E-state index contributed by atoms with van der Waals surface area (Å²) in [5.74, 6) is 0. The predicted molar refractivity (Wildman–Crippen MR) is 81.5 cm³/mol. The number of piperidine rings is 1. The number of anilines is 1. The summed E-state index contributed by atoms with van der Waals surface area (Å²) in [4.78, 5) is 2.63. The fourth-order valence-corrected chi connectivity index (χ4v) is 3.10. The molecule has 1 aliphatic rings. The van der Waals surface area contributed by atoms with Crippen molar-refractivity contribution in [3.8, 4) is 0 Å². The van der Waals surface area contributed by atoms with Gasteiger partial charge in [0.05, 0.1) is 0 Å². The fraction of sp³-hybridized carbons (Fsp3) is 0.600. The highest BCUT2D eigenvalue weighted by Gasteiger charge is 2.21. The van der Waals surface area contributed by atoms with Crippen LogP contribution in [0.25, 0.3) is 0 Å². The van der Waals surface area contributed by atoms with E-state index >= 15 is 0 Å². The Balaban J connectivity index is 2.03. The lowest BCUT2D eigenvalue weighted by molar-refractivity contribution is 0.131. The second-order valence-corrected chi connectivity index (χ2v) is 6.12. The average molecular weight is 311 g/mol. The number of rotatable bonds is 4. The number of halogens is 1. The van der Waals surface area contributed by atoms with Gasteiger partial charge in [0.2, 0.25) is 0 Å². The lowest BCUT2D eigenvalue weighted by Gasteiger charge is -2.35. The van der Waals surface area contributed by atoms with E-state index in [0.29, 0.717) is 0 Å². The highest BCUT2D eigenvalue weighted by atomic mass is 79.9. The van der Waals surface area contributed by atoms with E-state index in [1.807, 2.05) is 0 Å². The molecule has 3 heteroatoms. The molecule has 2 N–H and O–H groups in total. The molecule has 2 nitrogen and oxygen atoms in total. The molecule has 1 atom stereocenters. The van der Waals surface area contributed by atoms with Gasteiger partial charge in [0.25, 0.3) is 0 Å². The van der Waals surface area contributed by atoms with Crippen molar-refractivity contribution in [1.82, 2.24) is 4.90 Å². The Morgan fingerprint density at radius 3 is 2.94 bits per heavy atom. The fourth-order valence-electron chi connectivity index (χ4n) is 2.85. The first-order valence-corrected chi connectivity index (χ1v) is 7.78. The second-order valence-electron chi connectivity index (χ2n) is 5.26. The van der Waals surface area contributed by atoms with Crippen LogP contribution in [0, 0.1) is 0 Å². The van der Waals surface area contributed by atoms with Gasteiger partial charge in [-0.05, 0) is 59.4 Å². The molecule has 1 aromatic carbocycles. The normalized spacial score (nSPS) is 21.1. The van der Waals surface area contributed by atoms with Crippen LogP contribution in [0.1, 0.15) is 44.6 Å². The summed E-state index contributed by atoms with van der Waals surface area (Å²) < 4.78 is 0.995. The van der Waals surface area contributed by atoms with E-state index in [-0.39, 0.29) is 0 Å². The maximum atomic E-state index is 5.95. The van der Waals surface area contributed by atoms with Crippen LogP contribution in [0.2, 0.25) is 0 Å². The molecule has 0 spiro atoms. The van der Waals surface area contributed by atoms with E-state index in [0.717, 1.165) is 22.7 Å². The molecule has 0 amide bonds. The second kappa shape index (κ2) is 6.58. The van der Waals surface area contributed by atoms with Crippen molar-refractivity contribution in [2.75, 3.05) is 12.3 Å². The quantitative estimate of drug-likeness (QED) is 0.845. The van der Waals surface area contributed by atoms with Crippen molar-refractivity contribution >= 4 is 21.6 Å². The largest absolute Gasteiger partial charge is 0.398 e. The van der Waals surface area contributed by atoms with E-state index in [9.17, 15) is 0 Å². The molecule has 0 radical (unpaired) electrons. The molecule has 0 aliphatic carbocycles. The van der Waals surface area contributed by atoms with Gasteiger partial charge in [-0.15, -0.1) is 0 Å². The molecule has 0 aromatic heterocycles. The van der Waals surface area contributed by atoms with E-state index < -0.39 is 0 Å². The summed E-state index contributed by atoms with van der Waals surface area (Å²) >= 11 is 3.45. The van der Waals surface area contributed by atoms with Gasteiger partial charge in [-0.2, -0.15) is 0 Å². The van der Waals surface area contributed by atoms with Crippen LogP contribution < -0.4 is 5.73 Å². The highest BCUT2D eigenvalue weighted by Crippen LogP contribution is 2.25. The highest BCUT2D eigenvalue weighted by molar-refractivity contribution is 9.10. The summed E-state index contributed by atoms with van der Waals surface area (Å²) in [6, 6.07) is 7.11. The Kier molecular flexibility index (Phi) is 5.07. The zero-order valence-corrected chi connectivity index (χ0v) is 12.7. The maximum absolute atomic E-state index is 5.95. The summed E-state index contributed by atoms with van der Waals surface area (Å²) in [6.07, 6.45) is 6.70. The molecule has 0 saturated carbocycles. The molecular formula is C15H23BrN2. The molecule has 1 heterocycles. The zero-order valence-electron chi connectivity index (χ0n) is 11.2. The van der Waals surface area contributed by atoms with Gasteiger partial charge in [0, 0.05) is 22.7 Å². The monoisotopic (exact) mass is 310 g/mol. The molecule has 1 aromatic rings. The van der Waals surface area contributed by atoms with Crippen molar-refractivity contribution < 1.29 is 0 Å². The van der Waals surface area contributed by atoms with E-state index in [4.69, 9.17) is 5.73 Å². The van der Waals surface area contributed by atoms with Gasteiger partial charge in [0.15, 0.2) is 0 Å². The topological polar surface area (TPSA) is 29.3 Å². The van der Waals surface area contributed by atoms with Crippen molar-refractivity contribution in [1.29, 1.82) is 0 Å². The lowest BCUT2D eigenvalue weighted by atomic mass is 9.97. The van der Waals surface area contributed by atoms with Crippen molar-refractivity contribution in [2.24, 2.45) is 0 Å². The molecule has 1 aliphatic heterocycles. The molecule has 2 rings (SSSR count). The van der Waals surface area contributed by atoms with Gasteiger partial charge in [-0.1, -0.05) is 25.8 Å². The number of nitrogens with zero attached hydrogens (tertiary/aromatic N) is 1. The Bertz CT molecular complexity index is 390. The van der Waals surface area contributed by atoms with E-state index in [1.54, 1.807) is 0 Å². The van der Waals surface area contributed by atoms with Crippen LogP contribution in [-0.4, -0.2) is 17.5 Å². The first-order chi connectivity index (χ1) is 8.70. The van der Waals surface area contributed by atoms with Gasteiger partial charge in [-0.25, -0.2) is 0 Å². The van der Waals surface area contributed by atoms with Crippen molar-refractivity contribution in [3.05, 3.63) is 28.2 Å². The van der Waals surface area contributed by atoms with Crippen molar-refractivity contribution in [3.63, 3.8) is 0 Å². The SMILES string of the molecule is CCCC1CCCCN1Cc1ccc(Br)c(N)c1. The van der Waals surface area contributed by atoms with Crippen molar-refractivity contribution in [2.45, 2.75) is 51.6 Å². The Labute approximate surface area is 119 Å². The summed E-state index contributed by atoms with van der Waals surface area (Å²) in [7, 11) is 0. The van der Waals surface area contributed by atoms with Gasteiger partial charge < -0.3 is 5.73 Å². The third kappa shape index (κ3) is 3.48. The van der Waals surface area contributed by atoms with Crippen LogP contribution in [0.3, 0.4) is 0 Å². The first-order valence-electron chi connectivity index (χ1n) is 6.98. The van der Waals surface area contributed by atoms with Crippen LogP contribution >= 0.6 is 15.9 Å². The number of nitrogen functional groups attached to an aromatic ring is 1. The summed E-state index contributed by atoms with van der Waals surface area (Å²) in [5.41, 5.74) is 8.13. The number of nitrogens with two attached hydrogens (primary N) is 1. The van der Waals surface area contributed by atoms with Crippen LogP contribution in [-0.2, 0) is 6.54 Å². The Hall–Kier alpha value is -0.540. The minimum atomic E-state index is 0.772. The molecule has 18 heavy (non-hydrogen) atoms. The minimum Gasteiger partial charge on any atom is -0.398 e. The van der Waals surface area contributed by atoms with E-state index in [2.05, 4.69) is 46.0 Å². The summed E-state index contributed by atoms with van der Waals surface area (Å²) in [6.45, 7) is 4.56. The molecule has 1 fully saturated rings. The van der Waals surface area contributed by atoms with Crippen LogP contribution in [0.15, 0.2) is 22.7 Å². The Morgan fingerprint density at radius 2 is 2.22 bits per heavy atom. The number of hydrogen-bond donors (Lipinski definition) is 1. The Morgan fingerprint density at radius 1 is 1.39 bits per heavy atom. The average Bonchev–Trinajstić information content (AvgIpc) is 2.37. The van der Waals surface area contributed by atoms with Crippen LogP contribution in [0.4, 0.5) is 5.69 Å². The van der Waals surface area contributed by atoms with E-state index in [1.165, 1.54) is 44.2 Å². The predicted octanol–water partition coefficient (Wildman–Crippen LogP) is 4.19. The third-order valence-electron chi connectivity index (χ3n) is 3.82. The van der Waals surface area contributed by atoms with Gasteiger partial charge in [-0.3, -0.25) is 4.90 Å². The molecule has 1 unspecified atom stereocenters. The van der Waals surface area contributed by atoms with Crippen LogP contribution in [0.5, 0.6) is 0 Å². The third-order valence-corrected chi connectivity index (χ3v) is 4.54. The molecule has 0 bridgehead atoms. The maximum Gasteiger partial charge on any atom is 0.0461 e. The number of likely N-dealkylation sites (tertiary alicyclic amines) is 1. The smallest absolute Gasteiger partial charge is 0.0461 e. The van der Waals surface area contributed by atoms with Gasteiger partial charge >= 0.3 is 0 Å². The minimum absolute atomic E-state index is 0.772. The molecule has 1 saturated heterocycles. The van der Waals surface area contributed by atoms with Gasteiger partial charge in [0.1, 0.15) is 0 Å². The molecule has 100 valence electrons. The summed E-state index contributed by atoms with van der Waals surface area (Å²) in [5, 5.41) is 0. The lowest BCUT2D eigenvalue weighted by Crippen LogP contribution is -2.38. The zero-order chi connectivity index (χ0) is 13.0.